The van der Waals surface area contributed by atoms with Crippen LogP contribution in [0.15, 0.2) is 23.3 Å². The monoisotopic (exact) mass is 403 g/mol. The summed E-state index contributed by atoms with van der Waals surface area (Å²) in [5.74, 6) is 1.82. The first-order valence-corrected chi connectivity index (χ1v) is 10.7. The van der Waals surface area contributed by atoms with E-state index in [2.05, 4.69) is 33.1 Å². The van der Waals surface area contributed by atoms with Crippen LogP contribution in [-0.2, 0) is 20.8 Å². The number of nitrogens with zero attached hydrogens (tertiary/aromatic N) is 4. The zero-order valence-electron chi connectivity index (χ0n) is 17.6. The lowest BCUT2D eigenvalue weighted by Crippen LogP contribution is -2.46. The Labute approximate surface area is 173 Å². The lowest BCUT2D eigenvalue weighted by atomic mass is 9.97. The van der Waals surface area contributed by atoms with Crippen LogP contribution in [0.5, 0.6) is 0 Å². The van der Waals surface area contributed by atoms with Crippen molar-refractivity contribution in [2.45, 2.75) is 33.2 Å². The maximum absolute atomic E-state index is 12.0. The number of hydrogen-bond donors (Lipinski definition) is 1. The summed E-state index contributed by atoms with van der Waals surface area (Å²) >= 11 is 0. The van der Waals surface area contributed by atoms with Crippen molar-refractivity contribution < 1.29 is 14.3 Å². The first kappa shape index (κ1) is 21.4. The number of ether oxygens (including phenoxy) is 2. The van der Waals surface area contributed by atoms with E-state index in [1.165, 1.54) is 0 Å². The fraction of sp³-hybridized carbons (Fsp3) is 0.667. The Bertz CT molecular complexity index is 683. The van der Waals surface area contributed by atoms with Gasteiger partial charge in [0.2, 0.25) is 0 Å². The molecule has 29 heavy (non-hydrogen) atoms. The number of nitrogens with one attached hydrogen (secondary N) is 1. The standard InChI is InChI=1S/C21H33N5O3/c1-3-22-21(26-10-7-17(8-11-26)20(27)29-4-2)24-16-18-6-5-9-23-19(18)25-12-14-28-15-13-25/h5-6,9,17H,3-4,7-8,10-16H2,1-2H3,(H,22,24). The van der Waals surface area contributed by atoms with Gasteiger partial charge in [-0.05, 0) is 32.8 Å². The van der Waals surface area contributed by atoms with E-state index in [4.69, 9.17) is 14.5 Å². The number of likely N-dealkylation sites (tertiary alicyclic amines) is 1. The minimum absolute atomic E-state index is 0.000299. The molecule has 3 heterocycles. The maximum atomic E-state index is 12.0. The van der Waals surface area contributed by atoms with Gasteiger partial charge in [0.15, 0.2) is 5.96 Å². The highest BCUT2D eigenvalue weighted by Crippen LogP contribution is 2.21. The van der Waals surface area contributed by atoms with Crippen LogP contribution in [-0.4, -0.2) is 74.4 Å². The van der Waals surface area contributed by atoms with E-state index >= 15 is 0 Å². The van der Waals surface area contributed by atoms with E-state index in [0.717, 1.165) is 76.1 Å². The summed E-state index contributed by atoms with van der Waals surface area (Å²) in [6.45, 7) is 10.5. The lowest BCUT2D eigenvalue weighted by Gasteiger charge is -2.33. The van der Waals surface area contributed by atoms with Gasteiger partial charge in [-0.1, -0.05) is 6.07 Å². The molecule has 0 radical (unpaired) electrons. The summed E-state index contributed by atoms with van der Waals surface area (Å²) in [4.78, 5) is 26.0. The second-order valence-electron chi connectivity index (χ2n) is 7.27. The van der Waals surface area contributed by atoms with Crippen molar-refractivity contribution in [1.29, 1.82) is 0 Å². The Balaban J connectivity index is 1.65. The third-order valence-electron chi connectivity index (χ3n) is 5.33. The van der Waals surface area contributed by atoms with Gasteiger partial charge in [0.1, 0.15) is 5.82 Å². The van der Waals surface area contributed by atoms with Crippen molar-refractivity contribution in [3.8, 4) is 0 Å². The van der Waals surface area contributed by atoms with Crippen molar-refractivity contribution >= 4 is 17.7 Å². The number of anilines is 1. The maximum Gasteiger partial charge on any atom is 0.309 e. The van der Waals surface area contributed by atoms with E-state index < -0.39 is 0 Å². The number of piperidine rings is 1. The Morgan fingerprint density at radius 1 is 1.28 bits per heavy atom. The van der Waals surface area contributed by atoms with Crippen molar-refractivity contribution in [1.82, 2.24) is 15.2 Å². The van der Waals surface area contributed by atoms with Crippen LogP contribution in [0.3, 0.4) is 0 Å². The Kier molecular flexibility index (Phi) is 8.10. The quantitative estimate of drug-likeness (QED) is 0.440. The average Bonchev–Trinajstić information content (AvgIpc) is 2.78. The summed E-state index contributed by atoms with van der Waals surface area (Å²) in [6, 6.07) is 4.06. The highest BCUT2D eigenvalue weighted by molar-refractivity contribution is 5.80. The molecule has 2 aliphatic rings. The topological polar surface area (TPSA) is 79.3 Å². The zero-order valence-corrected chi connectivity index (χ0v) is 17.6. The fourth-order valence-electron chi connectivity index (χ4n) is 3.79. The van der Waals surface area contributed by atoms with Gasteiger partial charge in [-0.2, -0.15) is 0 Å². The van der Waals surface area contributed by atoms with Gasteiger partial charge in [-0.3, -0.25) is 4.79 Å². The summed E-state index contributed by atoms with van der Waals surface area (Å²) in [7, 11) is 0. The summed E-state index contributed by atoms with van der Waals surface area (Å²) in [5.41, 5.74) is 1.12. The average molecular weight is 404 g/mol. The van der Waals surface area contributed by atoms with Crippen LogP contribution < -0.4 is 10.2 Å². The molecule has 2 fully saturated rings. The molecule has 1 aromatic heterocycles. The van der Waals surface area contributed by atoms with Gasteiger partial charge in [0, 0.05) is 44.5 Å². The number of carbonyl (C=O) groups is 1. The second-order valence-corrected chi connectivity index (χ2v) is 7.27. The molecule has 2 saturated heterocycles. The minimum Gasteiger partial charge on any atom is -0.466 e. The van der Waals surface area contributed by atoms with Crippen LogP contribution in [0.4, 0.5) is 5.82 Å². The molecule has 0 spiro atoms. The van der Waals surface area contributed by atoms with E-state index in [1.54, 1.807) is 0 Å². The van der Waals surface area contributed by atoms with Crippen molar-refractivity contribution in [3.63, 3.8) is 0 Å². The van der Waals surface area contributed by atoms with E-state index in [1.807, 2.05) is 19.2 Å². The molecule has 2 aliphatic heterocycles. The fourth-order valence-corrected chi connectivity index (χ4v) is 3.79. The molecule has 0 atom stereocenters. The second kappa shape index (κ2) is 11.0. The zero-order chi connectivity index (χ0) is 20.5. The largest absolute Gasteiger partial charge is 0.466 e. The minimum atomic E-state index is -0.0698. The van der Waals surface area contributed by atoms with Crippen molar-refractivity contribution in [2.75, 3.05) is 57.4 Å². The molecule has 0 saturated carbocycles. The third-order valence-corrected chi connectivity index (χ3v) is 5.33. The number of esters is 1. The number of pyridine rings is 1. The van der Waals surface area contributed by atoms with E-state index in [-0.39, 0.29) is 11.9 Å². The van der Waals surface area contributed by atoms with Gasteiger partial charge in [-0.15, -0.1) is 0 Å². The SMILES string of the molecule is CCNC(=NCc1cccnc1N1CCOCC1)N1CCC(C(=O)OCC)CC1. The lowest BCUT2D eigenvalue weighted by molar-refractivity contribution is -0.149. The number of hydrogen-bond acceptors (Lipinski definition) is 6. The van der Waals surface area contributed by atoms with Crippen LogP contribution in [0.1, 0.15) is 32.3 Å². The molecule has 3 rings (SSSR count). The molecule has 1 aromatic rings. The van der Waals surface area contributed by atoms with Gasteiger partial charge in [0.25, 0.3) is 0 Å². The predicted octanol–water partition coefficient (Wildman–Crippen LogP) is 1.66. The molecular formula is C21H33N5O3. The predicted molar refractivity (Wildman–Crippen MR) is 113 cm³/mol. The van der Waals surface area contributed by atoms with Gasteiger partial charge in [0.05, 0.1) is 32.3 Å². The van der Waals surface area contributed by atoms with Crippen LogP contribution >= 0.6 is 0 Å². The van der Waals surface area contributed by atoms with Gasteiger partial charge < -0.3 is 24.6 Å². The Morgan fingerprint density at radius 2 is 2.03 bits per heavy atom. The Morgan fingerprint density at radius 3 is 2.72 bits per heavy atom. The van der Waals surface area contributed by atoms with Crippen molar-refractivity contribution in [2.24, 2.45) is 10.9 Å². The first-order valence-electron chi connectivity index (χ1n) is 10.7. The number of aliphatic imine (C=N–C) groups is 1. The first-order chi connectivity index (χ1) is 14.2. The molecule has 0 aliphatic carbocycles. The molecular weight excluding hydrogens is 370 g/mol. The summed E-state index contributed by atoms with van der Waals surface area (Å²) in [5, 5.41) is 3.40. The number of carbonyl (C=O) groups excluding carboxylic acids is 1. The molecule has 0 aromatic carbocycles. The molecule has 8 nitrogen and oxygen atoms in total. The number of aromatic nitrogens is 1. The molecule has 8 heteroatoms. The molecule has 0 bridgehead atoms. The van der Waals surface area contributed by atoms with Crippen molar-refractivity contribution in [3.05, 3.63) is 23.9 Å². The number of guanidine groups is 1. The molecule has 1 N–H and O–H groups in total. The van der Waals surface area contributed by atoms with Gasteiger partial charge in [-0.25, -0.2) is 9.98 Å². The third kappa shape index (κ3) is 5.82. The van der Waals surface area contributed by atoms with Crippen LogP contribution in [0, 0.1) is 5.92 Å². The summed E-state index contributed by atoms with van der Waals surface area (Å²) < 4.78 is 10.6. The smallest absolute Gasteiger partial charge is 0.309 e. The van der Waals surface area contributed by atoms with Crippen LogP contribution in [0.25, 0.3) is 0 Å². The van der Waals surface area contributed by atoms with Gasteiger partial charge >= 0.3 is 5.97 Å². The number of rotatable bonds is 6. The van der Waals surface area contributed by atoms with Crippen LogP contribution in [0.2, 0.25) is 0 Å². The molecule has 160 valence electrons. The molecule has 0 amide bonds. The number of morpholine rings is 1. The highest BCUT2D eigenvalue weighted by atomic mass is 16.5. The highest BCUT2D eigenvalue weighted by Gasteiger charge is 2.27. The Hall–Kier alpha value is -2.35. The van der Waals surface area contributed by atoms with E-state index in [0.29, 0.717) is 13.2 Å². The normalized spacial score (nSPS) is 18.6. The summed E-state index contributed by atoms with van der Waals surface area (Å²) in [6.07, 6.45) is 3.44. The molecule has 0 unspecified atom stereocenters. The van der Waals surface area contributed by atoms with E-state index in [9.17, 15) is 4.79 Å².